The molecule has 0 aliphatic rings. The molecular weight excluding hydrogens is 399 g/mol. The van der Waals surface area contributed by atoms with Crippen LogP contribution in [0.15, 0.2) is 18.2 Å². The summed E-state index contributed by atoms with van der Waals surface area (Å²) in [4.78, 5) is 34.7. The van der Waals surface area contributed by atoms with Gasteiger partial charge in [-0.3, -0.25) is 0 Å². The zero-order valence-electron chi connectivity index (χ0n) is 13.3. The van der Waals surface area contributed by atoms with Gasteiger partial charge in [-0.2, -0.15) is 0 Å². The molecule has 2 unspecified atom stereocenters. The molecule has 0 aliphatic heterocycles. The molecule has 1 aromatic carbocycles. The summed E-state index contributed by atoms with van der Waals surface area (Å²) in [7, 11) is 0. The Balaban J connectivity index is 2.84. The van der Waals surface area contributed by atoms with Gasteiger partial charge in [-0.05, 0) is 31.5 Å². The Bertz CT molecular complexity index is 636. The number of halogens is 3. The van der Waals surface area contributed by atoms with E-state index in [0.717, 1.165) is 0 Å². The third-order valence-corrected chi connectivity index (χ3v) is 3.32. The third-order valence-electron chi connectivity index (χ3n) is 2.70. The molecule has 0 spiro atoms. The van der Waals surface area contributed by atoms with Crippen molar-refractivity contribution in [3.8, 4) is 5.75 Å². The SMILES string of the molecule is CCOC(=O)C(OC(=O)Cl)OC(=O)C(CC)Oc1ccc(Cl)cc1Cl. The molecule has 2 atom stereocenters. The van der Waals surface area contributed by atoms with Gasteiger partial charge in [0.2, 0.25) is 0 Å². The number of ether oxygens (including phenoxy) is 4. The van der Waals surface area contributed by atoms with Crippen LogP contribution in [0.25, 0.3) is 0 Å². The first-order chi connectivity index (χ1) is 11.8. The zero-order valence-corrected chi connectivity index (χ0v) is 15.6. The number of hydrogen-bond donors (Lipinski definition) is 0. The van der Waals surface area contributed by atoms with Gasteiger partial charge in [0.1, 0.15) is 5.75 Å². The second-order valence-electron chi connectivity index (χ2n) is 4.47. The highest BCUT2D eigenvalue weighted by molar-refractivity contribution is 6.61. The predicted octanol–water partition coefficient (Wildman–Crippen LogP) is 3.96. The minimum atomic E-state index is -1.93. The average Bonchev–Trinajstić information content (AvgIpc) is 2.53. The highest BCUT2D eigenvalue weighted by Crippen LogP contribution is 2.29. The average molecular weight is 414 g/mol. The molecule has 1 rings (SSSR count). The van der Waals surface area contributed by atoms with Gasteiger partial charge >= 0.3 is 23.7 Å². The number of hydrogen-bond acceptors (Lipinski definition) is 7. The molecule has 7 nitrogen and oxygen atoms in total. The van der Waals surface area contributed by atoms with Gasteiger partial charge in [-0.25, -0.2) is 14.4 Å². The maximum atomic E-state index is 12.2. The van der Waals surface area contributed by atoms with Crippen LogP contribution in [-0.2, 0) is 23.8 Å². The van der Waals surface area contributed by atoms with E-state index in [1.54, 1.807) is 6.92 Å². The summed E-state index contributed by atoms with van der Waals surface area (Å²) >= 11 is 16.8. The van der Waals surface area contributed by atoms with Gasteiger partial charge in [-0.15, -0.1) is 0 Å². The highest BCUT2D eigenvalue weighted by atomic mass is 35.5. The van der Waals surface area contributed by atoms with Crippen LogP contribution < -0.4 is 4.74 Å². The molecule has 0 N–H and O–H groups in total. The summed E-state index contributed by atoms with van der Waals surface area (Å²) in [5.74, 6) is -1.86. The second kappa shape index (κ2) is 10.3. The van der Waals surface area contributed by atoms with E-state index < -0.39 is 29.8 Å². The molecule has 0 heterocycles. The molecule has 0 aromatic heterocycles. The molecular formula is C15H15Cl3O7. The van der Waals surface area contributed by atoms with Crippen molar-refractivity contribution >= 4 is 52.2 Å². The van der Waals surface area contributed by atoms with Crippen LogP contribution in [0.5, 0.6) is 5.75 Å². The van der Waals surface area contributed by atoms with Gasteiger partial charge in [0, 0.05) is 16.6 Å². The Labute approximate surface area is 159 Å². The lowest BCUT2D eigenvalue weighted by Crippen LogP contribution is -2.38. The summed E-state index contributed by atoms with van der Waals surface area (Å²) in [6.45, 7) is 3.16. The monoisotopic (exact) mass is 412 g/mol. The van der Waals surface area contributed by atoms with Crippen molar-refractivity contribution in [2.24, 2.45) is 0 Å². The molecule has 0 amide bonds. The highest BCUT2D eigenvalue weighted by Gasteiger charge is 2.32. The van der Waals surface area contributed by atoms with Crippen LogP contribution in [0.4, 0.5) is 4.79 Å². The van der Waals surface area contributed by atoms with Crippen LogP contribution >= 0.6 is 34.8 Å². The van der Waals surface area contributed by atoms with Crippen molar-refractivity contribution in [3.63, 3.8) is 0 Å². The standard InChI is InChI=1S/C15H15Cl3O7/c1-3-10(23-11-6-5-8(16)7-9(11)17)12(19)24-14(25-15(18)21)13(20)22-4-2/h5-7,10,14H,3-4H2,1-2H3. The van der Waals surface area contributed by atoms with Crippen molar-refractivity contribution in [3.05, 3.63) is 28.2 Å². The fourth-order valence-corrected chi connectivity index (χ4v) is 2.15. The van der Waals surface area contributed by atoms with Crippen molar-refractivity contribution < 1.29 is 33.3 Å². The molecule has 138 valence electrons. The van der Waals surface area contributed by atoms with E-state index in [-0.39, 0.29) is 23.8 Å². The van der Waals surface area contributed by atoms with E-state index in [1.165, 1.54) is 25.1 Å². The predicted molar refractivity (Wildman–Crippen MR) is 90.0 cm³/mol. The maximum Gasteiger partial charge on any atom is 0.407 e. The van der Waals surface area contributed by atoms with E-state index >= 15 is 0 Å². The summed E-state index contributed by atoms with van der Waals surface area (Å²) in [6, 6.07) is 4.44. The Morgan fingerprint density at radius 3 is 2.28 bits per heavy atom. The number of rotatable bonds is 8. The molecule has 25 heavy (non-hydrogen) atoms. The van der Waals surface area contributed by atoms with E-state index in [9.17, 15) is 14.4 Å². The van der Waals surface area contributed by atoms with E-state index in [0.29, 0.717) is 5.02 Å². The topological polar surface area (TPSA) is 88.1 Å². The molecule has 0 radical (unpaired) electrons. The van der Waals surface area contributed by atoms with Gasteiger partial charge in [0.15, 0.2) is 6.10 Å². The molecule has 0 saturated heterocycles. The minimum Gasteiger partial charge on any atom is -0.477 e. The Morgan fingerprint density at radius 1 is 1.08 bits per heavy atom. The van der Waals surface area contributed by atoms with E-state index in [4.69, 9.17) is 44.3 Å². The van der Waals surface area contributed by atoms with Crippen LogP contribution in [0, 0.1) is 0 Å². The van der Waals surface area contributed by atoms with Gasteiger partial charge in [0.25, 0.3) is 0 Å². The van der Waals surface area contributed by atoms with Gasteiger partial charge in [0.05, 0.1) is 11.6 Å². The van der Waals surface area contributed by atoms with Gasteiger partial charge in [-0.1, -0.05) is 30.1 Å². The van der Waals surface area contributed by atoms with Crippen LogP contribution in [0.2, 0.25) is 10.0 Å². The summed E-state index contributed by atoms with van der Waals surface area (Å²) in [5.41, 5.74) is -1.33. The lowest BCUT2D eigenvalue weighted by molar-refractivity contribution is -0.193. The van der Waals surface area contributed by atoms with E-state index in [1.807, 2.05) is 0 Å². The number of benzene rings is 1. The Hall–Kier alpha value is -1.70. The molecule has 10 heteroatoms. The molecule has 0 saturated carbocycles. The maximum absolute atomic E-state index is 12.2. The minimum absolute atomic E-state index is 0.0131. The lowest BCUT2D eigenvalue weighted by atomic mass is 10.2. The van der Waals surface area contributed by atoms with Crippen molar-refractivity contribution in [2.75, 3.05) is 6.61 Å². The van der Waals surface area contributed by atoms with Crippen molar-refractivity contribution in [1.29, 1.82) is 0 Å². The summed E-state index contributed by atoms with van der Waals surface area (Å²) in [6.07, 6.45) is -2.87. The summed E-state index contributed by atoms with van der Waals surface area (Å²) in [5, 5.41) is 0.581. The molecule has 0 fully saturated rings. The first kappa shape index (κ1) is 21.3. The van der Waals surface area contributed by atoms with Crippen LogP contribution in [-0.4, -0.2) is 36.4 Å². The fourth-order valence-electron chi connectivity index (χ4n) is 1.62. The van der Waals surface area contributed by atoms with Crippen LogP contribution in [0.1, 0.15) is 20.3 Å². The Morgan fingerprint density at radius 2 is 1.76 bits per heavy atom. The lowest BCUT2D eigenvalue weighted by Gasteiger charge is -2.20. The van der Waals surface area contributed by atoms with Crippen molar-refractivity contribution in [1.82, 2.24) is 0 Å². The molecule has 1 aromatic rings. The van der Waals surface area contributed by atoms with E-state index in [2.05, 4.69) is 9.47 Å². The summed E-state index contributed by atoms with van der Waals surface area (Å²) < 4.78 is 19.4. The van der Waals surface area contributed by atoms with Crippen LogP contribution in [0.3, 0.4) is 0 Å². The second-order valence-corrected chi connectivity index (χ2v) is 5.62. The fraction of sp³-hybridized carbons (Fsp3) is 0.400. The van der Waals surface area contributed by atoms with Gasteiger partial charge < -0.3 is 18.9 Å². The molecule has 0 bridgehead atoms. The quantitative estimate of drug-likeness (QED) is 0.362. The third kappa shape index (κ3) is 6.97. The number of carbonyl (C=O) groups is 3. The largest absolute Gasteiger partial charge is 0.477 e. The van der Waals surface area contributed by atoms with Crippen molar-refractivity contribution in [2.45, 2.75) is 32.7 Å². The Kier molecular flexibility index (Phi) is 8.82. The normalized spacial score (nSPS) is 12.7. The number of esters is 2. The molecule has 0 aliphatic carbocycles. The first-order valence-electron chi connectivity index (χ1n) is 7.13. The first-order valence-corrected chi connectivity index (χ1v) is 8.26. The smallest absolute Gasteiger partial charge is 0.407 e. The number of carbonyl (C=O) groups excluding carboxylic acids is 3. The zero-order chi connectivity index (χ0) is 19.0.